The zero-order valence-corrected chi connectivity index (χ0v) is 14.2. The van der Waals surface area contributed by atoms with Gasteiger partial charge < -0.3 is 0 Å². The summed E-state index contributed by atoms with van der Waals surface area (Å²) in [6.07, 6.45) is 0.641. The van der Waals surface area contributed by atoms with Crippen molar-refractivity contribution in [2.75, 3.05) is 6.54 Å². The number of nitrogens with zero attached hydrogens (tertiary/aromatic N) is 2. The van der Waals surface area contributed by atoms with E-state index < -0.39 is 0 Å². The number of rotatable bonds is 2. The second kappa shape index (κ2) is 5.54. The summed E-state index contributed by atoms with van der Waals surface area (Å²) in [4.78, 5) is 13.0. The minimum absolute atomic E-state index is 0.230. The van der Waals surface area contributed by atoms with Crippen molar-refractivity contribution in [2.45, 2.75) is 23.2 Å². The molecule has 0 N–H and O–H groups in total. The Bertz CT molecular complexity index is 686. The van der Waals surface area contributed by atoms with Crippen molar-refractivity contribution >= 4 is 20.9 Å². The van der Waals surface area contributed by atoms with Crippen molar-refractivity contribution < 1.29 is 4.79 Å². The molecule has 2 aromatic rings. The number of aryl methyl sites for hydroxylation is 1. The fourth-order valence-corrected chi connectivity index (χ4v) is 6.44. The van der Waals surface area contributed by atoms with E-state index in [0.29, 0.717) is 26.3 Å². The Morgan fingerprint density at radius 2 is 1.64 bits per heavy atom. The van der Waals surface area contributed by atoms with Crippen LogP contribution in [0.1, 0.15) is 33.0 Å². The molecule has 2 aliphatic rings. The van der Waals surface area contributed by atoms with Gasteiger partial charge in [0, 0.05) is 0 Å². The number of hydrogen-bond acceptors (Lipinski definition) is 2. The second-order valence-corrected chi connectivity index (χ2v) is 8.26. The van der Waals surface area contributed by atoms with Gasteiger partial charge in [0.15, 0.2) is 0 Å². The molecule has 4 rings (SSSR count). The molecular formula is C18H18N2OSe. The molecule has 2 fully saturated rings. The molecular weight excluding hydrogens is 339 g/mol. The van der Waals surface area contributed by atoms with Crippen LogP contribution in [0.15, 0.2) is 54.6 Å². The summed E-state index contributed by atoms with van der Waals surface area (Å²) in [5.74, 6) is 0.269. The summed E-state index contributed by atoms with van der Waals surface area (Å²) in [6, 6.07) is 19.3. The van der Waals surface area contributed by atoms with Gasteiger partial charge >= 0.3 is 137 Å². The van der Waals surface area contributed by atoms with Crippen LogP contribution in [0, 0.1) is 6.92 Å². The van der Waals surface area contributed by atoms with E-state index in [0.717, 1.165) is 6.54 Å². The van der Waals surface area contributed by atoms with Gasteiger partial charge in [0.1, 0.15) is 0 Å². The van der Waals surface area contributed by atoms with E-state index in [1.54, 1.807) is 0 Å². The molecule has 0 bridgehead atoms. The van der Waals surface area contributed by atoms with Crippen molar-refractivity contribution in [3.8, 4) is 0 Å². The van der Waals surface area contributed by atoms with E-state index in [9.17, 15) is 4.79 Å². The van der Waals surface area contributed by atoms with Gasteiger partial charge in [-0.1, -0.05) is 0 Å². The molecule has 0 aromatic heterocycles. The molecule has 3 nitrogen and oxygen atoms in total. The second-order valence-electron chi connectivity index (χ2n) is 5.81. The normalized spacial score (nSPS) is 24.8. The van der Waals surface area contributed by atoms with E-state index in [4.69, 9.17) is 0 Å². The summed E-state index contributed by atoms with van der Waals surface area (Å²) in [6.45, 7) is 2.95. The molecule has 2 aromatic carbocycles. The van der Waals surface area contributed by atoms with Gasteiger partial charge in [-0.15, -0.1) is 0 Å². The number of hydrazine groups is 1. The van der Waals surface area contributed by atoms with E-state index in [-0.39, 0.29) is 10.8 Å². The van der Waals surface area contributed by atoms with Gasteiger partial charge in [-0.3, -0.25) is 0 Å². The molecule has 4 heteroatoms. The first kappa shape index (κ1) is 14.0. The van der Waals surface area contributed by atoms with Crippen LogP contribution in [-0.4, -0.2) is 37.4 Å². The molecule has 2 saturated heterocycles. The minimum atomic E-state index is 0.230. The summed E-state index contributed by atoms with van der Waals surface area (Å²) in [7, 11) is 0. The summed E-state index contributed by atoms with van der Waals surface area (Å²) >= 11 is 0.312. The number of carbonyl (C=O) groups excluding carboxylic acids is 1. The summed E-state index contributed by atoms with van der Waals surface area (Å²) in [5, 5.41) is 4.32. The molecule has 0 spiro atoms. The average Bonchev–Trinajstić information content (AvgIpc) is 3.10. The number of fused-ring (bicyclic) bond motifs is 1. The van der Waals surface area contributed by atoms with E-state index >= 15 is 0 Å². The maximum absolute atomic E-state index is 12.4. The van der Waals surface area contributed by atoms with Crippen molar-refractivity contribution in [2.24, 2.45) is 0 Å². The van der Waals surface area contributed by atoms with Crippen molar-refractivity contribution in [3.63, 3.8) is 0 Å². The Morgan fingerprint density at radius 1 is 0.955 bits per heavy atom. The van der Waals surface area contributed by atoms with Crippen molar-refractivity contribution in [3.05, 3.63) is 71.3 Å². The first-order valence-corrected chi connectivity index (χ1v) is 9.57. The third-order valence-corrected chi connectivity index (χ3v) is 7.44. The third-order valence-electron chi connectivity index (χ3n) is 4.28. The van der Waals surface area contributed by atoms with Gasteiger partial charge in [0.05, 0.1) is 0 Å². The molecule has 0 saturated carbocycles. The van der Waals surface area contributed by atoms with Crippen LogP contribution >= 0.6 is 0 Å². The number of hydrogen-bond donors (Lipinski definition) is 0. The zero-order chi connectivity index (χ0) is 15.1. The topological polar surface area (TPSA) is 23.6 Å². The number of carbonyl (C=O) groups is 1. The predicted octanol–water partition coefficient (Wildman–Crippen LogP) is 2.86. The Hall–Kier alpha value is -1.61. The van der Waals surface area contributed by atoms with E-state index in [1.165, 1.54) is 16.7 Å². The van der Waals surface area contributed by atoms with Crippen LogP contribution in [-0.2, 0) is 4.79 Å². The van der Waals surface area contributed by atoms with Crippen molar-refractivity contribution in [1.29, 1.82) is 0 Å². The SMILES string of the molecule is Cc1ccc([C@H]2[Se][C@H](c3ccccc3)N3CCC(=O)N23)cc1. The maximum atomic E-state index is 12.4. The Kier molecular flexibility index (Phi) is 3.53. The zero-order valence-electron chi connectivity index (χ0n) is 12.5. The molecule has 0 radical (unpaired) electrons. The molecule has 2 heterocycles. The van der Waals surface area contributed by atoms with Gasteiger partial charge in [-0.25, -0.2) is 0 Å². The fourth-order valence-electron chi connectivity index (χ4n) is 3.14. The Morgan fingerprint density at radius 3 is 2.36 bits per heavy atom. The molecule has 2 aliphatic heterocycles. The first-order chi connectivity index (χ1) is 10.7. The van der Waals surface area contributed by atoms with Crippen LogP contribution in [0.4, 0.5) is 0 Å². The van der Waals surface area contributed by atoms with Crippen LogP contribution in [0.2, 0.25) is 0 Å². The predicted molar refractivity (Wildman–Crippen MR) is 87.0 cm³/mol. The molecule has 112 valence electrons. The van der Waals surface area contributed by atoms with Crippen LogP contribution in [0.5, 0.6) is 0 Å². The average molecular weight is 357 g/mol. The van der Waals surface area contributed by atoms with Gasteiger partial charge in [0.25, 0.3) is 0 Å². The van der Waals surface area contributed by atoms with E-state index in [1.807, 2.05) is 5.01 Å². The Labute approximate surface area is 137 Å². The quantitative estimate of drug-likeness (QED) is 0.772. The van der Waals surface area contributed by atoms with Crippen LogP contribution < -0.4 is 0 Å². The molecule has 22 heavy (non-hydrogen) atoms. The number of benzene rings is 2. The number of amides is 1. The Balaban J connectivity index is 1.71. The standard InChI is InChI=1S/C18H18N2OSe/c1-13-7-9-15(10-8-13)18-20-16(21)11-12-19(20)17(22-18)14-5-3-2-4-6-14/h2-10,17-18H,11-12H2,1H3/t17-,18-/m1/s1. The van der Waals surface area contributed by atoms with Crippen LogP contribution in [0.3, 0.4) is 0 Å². The molecule has 0 aliphatic carbocycles. The van der Waals surface area contributed by atoms with E-state index in [2.05, 4.69) is 66.5 Å². The van der Waals surface area contributed by atoms with Gasteiger partial charge in [-0.2, -0.15) is 0 Å². The molecule has 2 atom stereocenters. The fraction of sp³-hybridized carbons (Fsp3) is 0.278. The van der Waals surface area contributed by atoms with Gasteiger partial charge in [0.2, 0.25) is 0 Å². The summed E-state index contributed by atoms with van der Waals surface area (Å²) in [5.41, 5.74) is 3.86. The van der Waals surface area contributed by atoms with Gasteiger partial charge in [-0.05, 0) is 0 Å². The molecule has 1 amide bonds. The monoisotopic (exact) mass is 358 g/mol. The molecule has 0 unspecified atom stereocenters. The summed E-state index contributed by atoms with van der Waals surface area (Å²) < 4.78 is 0. The first-order valence-electron chi connectivity index (χ1n) is 7.59. The third kappa shape index (κ3) is 2.28. The van der Waals surface area contributed by atoms with Crippen molar-refractivity contribution in [1.82, 2.24) is 10.0 Å². The van der Waals surface area contributed by atoms with Crippen LogP contribution in [0.25, 0.3) is 0 Å².